The summed E-state index contributed by atoms with van der Waals surface area (Å²) in [6, 6.07) is 2.58. The quantitative estimate of drug-likeness (QED) is 0.162. The standard InChI is InChI=1S/C15H9F14NO3S.FH/c1-6-2-4-7(5-3-6)8(30-33-34(31,32)15(27,28)29)9(16)11(19,20)13(23,24)14(25,26)12(21,22)10(17)18;/h2-5,9-10H,1H3;1H. The van der Waals surface area contributed by atoms with Crippen LogP contribution in [0, 0.1) is 6.92 Å². The van der Waals surface area contributed by atoms with Crippen LogP contribution in [0.3, 0.4) is 0 Å². The number of oxime groups is 1. The lowest BCUT2D eigenvalue weighted by Crippen LogP contribution is -2.67. The van der Waals surface area contributed by atoms with Crippen molar-refractivity contribution in [2.24, 2.45) is 5.16 Å². The third-order valence-corrected chi connectivity index (χ3v) is 4.77. The highest BCUT2D eigenvalue weighted by Crippen LogP contribution is 2.55. The van der Waals surface area contributed by atoms with E-state index in [1.54, 1.807) is 0 Å². The number of hydrogen-bond donors (Lipinski definition) is 0. The minimum atomic E-state index is -7.63. The van der Waals surface area contributed by atoms with Crippen molar-refractivity contribution in [3.05, 3.63) is 35.4 Å². The van der Waals surface area contributed by atoms with Crippen LogP contribution in [-0.4, -0.2) is 55.9 Å². The molecule has 0 saturated heterocycles. The van der Waals surface area contributed by atoms with Crippen LogP contribution >= 0.6 is 0 Å². The number of halogens is 15. The Labute approximate surface area is 185 Å². The Hall–Kier alpha value is -2.41. The number of nitrogens with zero attached hydrogens (tertiary/aromatic N) is 1. The van der Waals surface area contributed by atoms with E-state index in [1.165, 1.54) is 6.92 Å². The third kappa shape index (κ3) is 5.71. The Balaban J connectivity index is 0.0000116. The average molecular weight is 569 g/mol. The van der Waals surface area contributed by atoms with Gasteiger partial charge in [-0.25, -0.2) is 13.2 Å². The Morgan fingerprint density at radius 1 is 0.800 bits per heavy atom. The fraction of sp³-hybridized carbons (Fsp3) is 0.533. The first-order valence-electron chi connectivity index (χ1n) is 8.03. The maximum atomic E-state index is 14.4. The van der Waals surface area contributed by atoms with Crippen molar-refractivity contribution in [1.82, 2.24) is 0 Å². The van der Waals surface area contributed by atoms with Gasteiger partial charge in [-0.3, -0.25) is 8.99 Å². The fourth-order valence-corrected chi connectivity index (χ4v) is 2.25. The van der Waals surface area contributed by atoms with Gasteiger partial charge in [-0.05, 0) is 6.92 Å². The van der Waals surface area contributed by atoms with Gasteiger partial charge in [0.05, 0.1) is 0 Å². The van der Waals surface area contributed by atoms with Gasteiger partial charge >= 0.3 is 45.7 Å². The van der Waals surface area contributed by atoms with E-state index in [2.05, 4.69) is 4.28 Å². The van der Waals surface area contributed by atoms with Crippen molar-refractivity contribution >= 4 is 15.8 Å². The van der Waals surface area contributed by atoms with Crippen molar-refractivity contribution in [1.29, 1.82) is 0 Å². The Morgan fingerprint density at radius 2 is 1.20 bits per heavy atom. The van der Waals surface area contributed by atoms with Crippen molar-refractivity contribution < 1.29 is 78.9 Å². The summed E-state index contributed by atoms with van der Waals surface area (Å²) in [6.07, 6.45) is -10.7. The minimum absolute atomic E-state index is 0. The first-order chi connectivity index (χ1) is 14.9. The van der Waals surface area contributed by atoms with Crippen LogP contribution in [0.2, 0.25) is 0 Å². The van der Waals surface area contributed by atoms with E-state index in [1.807, 2.05) is 5.16 Å². The lowest BCUT2D eigenvalue weighted by atomic mass is 9.91. The molecule has 4 nitrogen and oxygen atoms in total. The molecule has 0 bridgehead atoms. The van der Waals surface area contributed by atoms with Gasteiger partial charge in [0, 0.05) is 5.56 Å². The molecule has 1 aromatic rings. The summed E-state index contributed by atoms with van der Waals surface area (Å²) in [5.41, 5.74) is -9.88. The molecule has 0 saturated carbocycles. The summed E-state index contributed by atoms with van der Waals surface area (Å²) < 4.78 is 209. The average Bonchev–Trinajstić information content (AvgIpc) is 2.67. The summed E-state index contributed by atoms with van der Waals surface area (Å²) in [5, 5.41) is 1.86. The molecule has 0 aliphatic carbocycles. The molecule has 0 amide bonds. The van der Waals surface area contributed by atoms with Crippen molar-refractivity contribution in [2.75, 3.05) is 0 Å². The highest BCUT2D eigenvalue weighted by atomic mass is 32.2. The van der Waals surface area contributed by atoms with E-state index < -0.39 is 63.2 Å². The SMILES string of the molecule is Cc1ccc(C(=NOS(=O)(=O)C(F)(F)F)C(F)C(F)(F)C(F)(F)C(F)(F)C(F)(F)C(F)F)cc1.F. The van der Waals surface area contributed by atoms with Gasteiger partial charge in [-0.15, -0.1) is 0 Å². The van der Waals surface area contributed by atoms with Gasteiger partial charge in [0.2, 0.25) is 6.17 Å². The Morgan fingerprint density at radius 3 is 1.57 bits per heavy atom. The molecule has 0 aromatic heterocycles. The molecular formula is C15H10F15NO3S. The third-order valence-electron chi connectivity index (χ3n) is 3.93. The monoisotopic (exact) mass is 569 g/mol. The van der Waals surface area contributed by atoms with Gasteiger partial charge < -0.3 is 0 Å². The predicted molar refractivity (Wildman–Crippen MR) is 87.0 cm³/mol. The molecule has 0 N–H and O–H groups in total. The van der Waals surface area contributed by atoms with Crippen molar-refractivity contribution in [2.45, 2.75) is 48.7 Å². The summed E-state index contributed by atoms with van der Waals surface area (Å²) >= 11 is 0. The first kappa shape index (κ1) is 32.6. The summed E-state index contributed by atoms with van der Waals surface area (Å²) in [4.78, 5) is 0. The highest BCUT2D eigenvalue weighted by molar-refractivity contribution is 7.87. The Bertz CT molecular complexity index is 1000. The van der Waals surface area contributed by atoms with E-state index >= 15 is 0 Å². The second-order valence-corrected chi connectivity index (χ2v) is 7.90. The molecule has 0 fully saturated rings. The van der Waals surface area contributed by atoms with Crippen LogP contribution in [0.25, 0.3) is 0 Å². The van der Waals surface area contributed by atoms with Crippen LogP contribution in [0.4, 0.5) is 66.2 Å². The van der Waals surface area contributed by atoms with E-state index in [9.17, 15) is 69.9 Å². The number of alkyl halides is 14. The molecule has 20 heteroatoms. The molecule has 0 spiro atoms. The molecule has 0 aliphatic rings. The molecule has 1 unspecified atom stereocenters. The maximum absolute atomic E-state index is 14.4. The highest BCUT2D eigenvalue weighted by Gasteiger charge is 2.84. The van der Waals surface area contributed by atoms with E-state index in [-0.39, 0.29) is 10.3 Å². The molecule has 1 rings (SSSR count). The van der Waals surface area contributed by atoms with Gasteiger partial charge in [0.25, 0.3) is 0 Å². The van der Waals surface area contributed by atoms with E-state index in [0.29, 0.717) is 12.1 Å². The largest absolute Gasteiger partial charge is 0.536 e. The number of hydrogen-bond acceptors (Lipinski definition) is 4. The molecular weight excluding hydrogens is 559 g/mol. The number of rotatable bonds is 9. The molecule has 1 atom stereocenters. The normalized spacial score (nSPS) is 15.6. The van der Waals surface area contributed by atoms with Gasteiger partial charge in [0.1, 0.15) is 5.71 Å². The van der Waals surface area contributed by atoms with Gasteiger partial charge in [-0.1, -0.05) is 35.0 Å². The van der Waals surface area contributed by atoms with Crippen LogP contribution in [0.15, 0.2) is 29.4 Å². The summed E-state index contributed by atoms with van der Waals surface area (Å²) in [6.45, 7) is 1.27. The molecule has 0 heterocycles. The number of benzene rings is 1. The van der Waals surface area contributed by atoms with Crippen LogP contribution in [0.1, 0.15) is 11.1 Å². The zero-order valence-electron chi connectivity index (χ0n) is 16.2. The predicted octanol–water partition coefficient (Wildman–Crippen LogP) is 5.86. The van der Waals surface area contributed by atoms with Crippen molar-refractivity contribution in [3.8, 4) is 0 Å². The van der Waals surface area contributed by atoms with E-state index in [0.717, 1.165) is 12.1 Å². The fourth-order valence-electron chi connectivity index (χ4n) is 1.99. The maximum Gasteiger partial charge on any atom is 0.536 e. The zero-order chi connectivity index (χ0) is 27.1. The van der Waals surface area contributed by atoms with Crippen LogP contribution in [0.5, 0.6) is 0 Å². The summed E-state index contributed by atoms with van der Waals surface area (Å²) in [7, 11) is -6.84. The molecule has 1 aromatic carbocycles. The molecule has 0 aliphatic heterocycles. The van der Waals surface area contributed by atoms with Gasteiger partial charge in [-0.2, -0.15) is 56.7 Å². The first-order valence-corrected chi connectivity index (χ1v) is 9.44. The zero-order valence-corrected chi connectivity index (χ0v) is 17.1. The minimum Gasteiger partial charge on any atom is -0.269 e. The van der Waals surface area contributed by atoms with Crippen molar-refractivity contribution in [3.63, 3.8) is 0 Å². The number of aryl methyl sites for hydroxylation is 1. The van der Waals surface area contributed by atoms with Crippen LogP contribution in [-0.2, 0) is 14.4 Å². The van der Waals surface area contributed by atoms with Gasteiger partial charge in [0.15, 0.2) is 0 Å². The summed E-state index contributed by atoms with van der Waals surface area (Å²) in [5.74, 6) is -29.5. The lowest BCUT2D eigenvalue weighted by molar-refractivity contribution is -0.387. The van der Waals surface area contributed by atoms with Crippen LogP contribution < -0.4 is 0 Å². The lowest BCUT2D eigenvalue weighted by Gasteiger charge is -2.37. The molecule has 0 radical (unpaired) electrons. The molecule has 204 valence electrons. The smallest absolute Gasteiger partial charge is 0.269 e. The molecule has 35 heavy (non-hydrogen) atoms. The second kappa shape index (κ2) is 9.92. The Kier molecular flexibility index (Phi) is 9.24. The topological polar surface area (TPSA) is 55.7 Å². The second-order valence-electron chi connectivity index (χ2n) is 6.37. The van der Waals surface area contributed by atoms with E-state index in [4.69, 9.17) is 0 Å².